The van der Waals surface area contributed by atoms with Crippen LogP contribution in [-0.4, -0.2) is 28.5 Å². The number of nitrogens with one attached hydrogen (secondary N) is 1. The number of aromatic nitrogens is 2. The summed E-state index contributed by atoms with van der Waals surface area (Å²) in [7, 11) is 0. The fourth-order valence-corrected chi connectivity index (χ4v) is 2.78. The van der Waals surface area contributed by atoms with Crippen molar-refractivity contribution in [2.24, 2.45) is 0 Å². The summed E-state index contributed by atoms with van der Waals surface area (Å²) in [4.78, 5) is 32.7. The molecule has 27 heavy (non-hydrogen) atoms. The lowest BCUT2D eigenvalue weighted by Gasteiger charge is -2.09. The third-order valence-corrected chi connectivity index (χ3v) is 4.06. The molecule has 0 fully saturated rings. The molecule has 4 rings (SSSR count). The molecule has 0 atom stereocenters. The summed E-state index contributed by atoms with van der Waals surface area (Å²) in [6, 6.07) is 20.5. The molecule has 6 nitrogen and oxygen atoms in total. The number of esters is 1. The fraction of sp³-hybridized carbons (Fsp3) is 0.0476. The second-order valence-electron chi connectivity index (χ2n) is 5.89. The number of amides is 1. The monoisotopic (exact) mass is 357 g/mol. The van der Waals surface area contributed by atoms with Gasteiger partial charge >= 0.3 is 5.97 Å². The third kappa shape index (κ3) is 3.59. The van der Waals surface area contributed by atoms with Gasteiger partial charge in [-0.1, -0.05) is 48.5 Å². The lowest BCUT2D eigenvalue weighted by molar-refractivity contribution is -0.119. The van der Waals surface area contributed by atoms with E-state index in [4.69, 9.17) is 4.74 Å². The quantitative estimate of drug-likeness (QED) is 0.565. The zero-order valence-corrected chi connectivity index (χ0v) is 14.3. The van der Waals surface area contributed by atoms with Crippen LogP contribution in [0.4, 0.5) is 5.69 Å². The maximum absolute atomic E-state index is 12.2. The second kappa shape index (κ2) is 7.21. The Morgan fingerprint density at radius 1 is 0.889 bits per heavy atom. The molecule has 0 radical (unpaired) electrons. The fourth-order valence-electron chi connectivity index (χ4n) is 2.78. The number of benzene rings is 3. The van der Waals surface area contributed by atoms with Crippen LogP contribution < -0.4 is 5.32 Å². The summed E-state index contributed by atoms with van der Waals surface area (Å²) in [5.74, 6) is -1.12. The van der Waals surface area contributed by atoms with Crippen molar-refractivity contribution < 1.29 is 14.3 Å². The molecule has 132 valence electrons. The number of fused-ring (bicyclic) bond motifs is 2. The predicted octanol–water partition coefficient (Wildman–Crippen LogP) is 3.58. The van der Waals surface area contributed by atoms with Crippen molar-refractivity contribution in [2.45, 2.75) is 0 Å². The van der Waals surface area contributed by atoms with Crippen molar-refractivity contribution in [1.29, 1.82) is 0 Å². The molecule has 0 bridgehead atoms. The average Bonchev–Trinajstić information content (AvgIpc) is 2.72. The molecule has 0 aliphatic rings. The molecule has 4 aromatic rings. The first-order valence-corrected chi connectivity index (χ1v) is 8.37. The molecule has 1 amide bonds. The largest absolute Gasteiger partial charge is 0.451 e. The van der Waals surface area contributed by atoms with Crippen LogP contribution >= 0.6 is 0 Å². The molecule has 0 aliphatic heterocycles. The number of para-hydroxylation sites is 2. The number of ether oxygens (including phenoxy) is 1. The number of nitrogens with zero attached hydrogens (tertiary/aromatic N) is 2. The summed E-state index contributed by atoms with van der Waals surface area (Å²) >= 11 is 0. The molecule has 1 N–H and O–H groups in total. The maximum atomic E-state index is 12.2. The van der Waals surface area contributed by atoms with E-state index in [1.165, 1.54) is 6.20 Å². The molecule has 1 heterocycles. The van der Waals surface area contributed by atoms with Gasteiger partial charge in [0.05, 0.1) is 17.2 Å². The van der Waals surface area contributed by atoms with E-state index in [-0.39, 0.29) is 5.69 Å². The van der Waals surface area contributed by atoms with Gasteiger partial charge in [0.2, 0.25) is 0 Å². The number of hydrogen-bond donors (Lipinski definition) is 1. The highest BCUT2D eigenvalue weighted by molar-refractivity contribution is 6.03. The average molecular weight is 357 g/mol. The molecule has 0 aliphatic carbocycles. The first-order chi connectivity index (χ1) is 13.2. The van der Waals surface area contributed by atoms with E-state index in [1.807, 2.05) is 48.5 Å². The minimum Gasteiger partial charge on any atom is -0.451 e. The van der Waals surface area contributed by atoms with Gasteiger partial charge in [0.1, 0.15) is 0 Å². The minimum absolute atomic E-state index is 0.0617. The molecule has 1 aromatic heterocycles. The Hall–Kier alpha value is -3.80. The number of carbonyl (C=O) groups is 2. The minimum atomic E-state index is -0.693. The van der Waals surface area contributed by atoms with Crippen LogP contribution in [0.2, 0.25) is 0 Å². The SMILES string of the molecule is O=C(COC(=O)c1cnc2ccccc2n1)Nc1cccc2ccccc12. The Morgan fingerprint density at radius 3 is 2.52 bits per heavy atom. The van der Waals surface area contributed by atoms with Crippen LogP contribution in [0.25, 0.3) is 21.8 Å². The smallest absolute Gasteiger partial charge is 0.359 e. The molecular formula is C21H15N3O3. The van der Waals surface area contributed by atoms with Gasteiger partial charge in [0.25, 0.3) is 5.91 Å². The summed E-state index contributed by atoms with van der Waals surface area (Å²) in [6.07, 6.45) is 1.34. The topological polar surface area (TPSA) is 81.2 Å². The first kappa shape index (κ1) is 16.7. The number of anilines is 1. The van der Waals surface area contributed by atoms with Crippen LogP contribution in [0, 0.1) is 0 Å². The van der Waals surface area contributed by atoms with Crippen molar-refractivity contribution >= 4 is 39.4 Å². The van der Waals surface area contributed by atoms with E-state index >= 15 is 0 Å². The highest BCUT2D eigenvalue weighted by Crippen LogP contribution is 2.22. The number of hydrogen-bond acceptors (Lipinski definition) is 5. The molecule has 0 saturated carbocycles. The maximum Gasteiger partial charge on any atom is 0.359 e. The van der Waals surface area contributed by atoms with E-state index < -0.39 is 18.5 Å². The first-order valence-electron chi connectivity index (χ1n) is 8.37. The van der Waals surface area contributed by atoms with Crippen LogP contribution in [0.15, 0.2) is 72.9 Å². The van der Waals surface area contributed by atoms with Gasteiger partial charge in [-0.3, -0.25) is 9.78 Å². The summed E-state index contributed by atoms with van der Waals surface area (Å²) in [5.41, 5.74) is 2.00. The Morgan fingerprint density at radius 2 is 1.63 bits per heavy atom. The van der Waals surface area contributed by atoms with Gasteiger partial charge in [-0.05, 0) is 23.6 Å². The highest BCUT2D eigenvalue weighted by Gasteiger charge is 2.13. The van der Waals surface area contributed by atoms with Gasteiger partial charge in [-0.2, -0.15) is 0 Å². The Labute approximate surface area is 154 Å². The normalized spacial score (nSPS) is 10.7. The summed E-state index contributed by atoms with van der Waals surface area (Å²) < 4.78 is 5.07. The molecule has 0 spiro atoms. The Balaban J connectivity index is 1.43. The van der Waals surface area contributed by atoms with Crippen LogP contribution in [0.1, 0.15) is 10.5 Å². The third-order valence-electron chi connectivity index (χ3n) is 4.06. The zero-order valence-electron chi connectivity index (χ0n) is 14.3. The Kier molecular flexibility index (Phi) is 4.45. The molecular weight excluding hydrogens is 342 g/mol. The highest BCUT2D eigenvalue weighted by atomic mass is 16.5. The van der Waals surface area contributed by atoms with Crippen molar-refractivity contribution in [3.05, 3.63) is 78.6 Å². The van der Waals surface area contributed by atoms with E-state index in [0.29, 0.717) is 16.7 Å². The van der Waals surface area contributed by atoms with Crippen LogP contribution in [0.3, 0.4) is 0 Å². The molecule has 3 aromatic carbocycles. The van der Waals surface area contributed by atoms with Gasteiger partial charge in [0.15, 0.2) is 12.3 Å². The molecule has 0 saturated heterocycles. The number of carbonyl (C=O) groups excluding carboxylic acids is 2. The summed E-state index contributed by atoms with van der Waals surface area (Å²) in [5, 5.41) is 4.70. The van der Waals surface area contributed by atoms with Crippen LogP contribution in [0.5, 0.6) is 0 Å². The predicted molar refractivity (Wildman–Crippen MR) is 102 cm³/mol. The van der Waals surface area contributed by atoms with Gasteiger partial charge in [-0.15, -0.1) is 0 Å². The van der Waals surface area contributed by atoms with Crippen molar-refractivity contribution in [1.82, 2.24) is 9.97 Å². The standard InChI is InChI=1S/C21H15N3O3/c25-20(24-16-11-5-7-14-6-1-2-8-15(14)16)13-27-21(26)19-12-22-17-9-3-4-10-18(17)23-19/h1-12H,13H2,(H,24,25). The van der Waals surface area contributed by atoms with Gasteiger partial charge < -0.3 is 10.1 Å². The van der Waals surface area contributed by atoms with E-state index in [2.05, 4.69) is 15.3 Å². The zero-order chi connectivity index (χ0) is 18.6. The van der Waals surface area contributed by atoms with Gasteiger partial charge in [0, 0.05) is 11.1 Å². The van der Waals surface area contributed by atoms with Crippen molar-refractivity contribution in [3.63, 3.8) is 0 Å². The van der Waals surface area contributed by atoms with E-state index in [1.54, 1.807) is 18.2 Å². The van der Waals surface area contributed by atoms with Crippen molar-refractivity contribution in [2.75, 3.05) is 11.9 Å². The van der Waals surface area contributed by atoms with Gasteiger partial charge in [-0.25, -0.2) is 9.78 Å². The lowest BCUT2D eigenvalue weighted by Crippen LogP contribution is -2.21. The lowest BCUT2D eigenvalue weighted by atomic mass is 10.1. The van der Waals surface area contributed by atoms with E-state index in [0.717, 1.165) is 10.8 Å². The molecule has 0 unspecified atom stereocenters. The Bertz CT molecular complexity index is 1150. The van der Waals surface area contributed by atoms with E-state index in [9.17, 15) is 9.59 Å². The summed E-state index contributed by atoms with van der Waals surface area (Å²) in [6.45, 7) is -0.406. The number of rotatable bonds is 4. The molecule has 6 heteroatoms. The van der Waals surface area contributed by atoms with Crippen molar-refractivity contribution in [3.8, 4) is 0 Å². The second-order valence-corrected chi connectivity index (χ2v) is 5.89. The van der Waals surface area contributed by atoms with Crippen LogP contribution in [-0.2, 0) is 9.53 Å².